The molecule has 0 N–H and O–H groups in total. The molecule has 0 bridgehead atoms. The van der Waals surface area contributed by atoms with E-state index in [0.29, 0.717) is 18.7 Å². The summed E-state index contributed by atoms with van der Waals surface area (Å²) < 4.78 is 32.0. The molecule has 0 aliphatic heterocycles. The minimum absolute atomic E-state index is 0.337. The first-order valence-electron chi connectivity index (χ1n) is 5.73. The second-order valence-electron chi connectivity index (χ2n) is 4.40. The van der Waals surface area contributed by atoms with Gasteiger partial charge in [-0.15, -0.1) is 0 Å². The van der Waals surface area contributed by atoms with Gasteiger partial charge in [-0.3, -0.25) is 4.90 Å². The first kappa shape index (κ1) is 12.8. The maximum Gasteiger partial charge on any atom is 0.163 e. The zero-order valence-corrected chi connectivity index (χ0v) is 10.4. The van der Waals surface area contributed by atoms with E-state index in [1.165, 1.54) is 6.07 Å². The maximum atomic E-state index is 13.5. The number of aryl methyl sites for hydroxylation is 1. The average molecular weight is 251 g/mol. The van der Waals surface area contributed by atoms with E-state index in [0.717, 1.165) is 17.6 Å². The fourth-order valence-corrected chi connectivity index (χ4v) is 1.85. The van der Waals surface area contributed by atoms with Crippen LogP contribution in [-0.2, 0) is 13.1 Å². The van der Waals surface area contributed by atoms with Crippen LogP contribution >= 0.6 is 0 Å². The molecule has 2 rings (SSSR count). The van der Waals surface area contributed by atoms with Gasteiger partial charge in [0.15, 0.2) is 11.6 Å². The number of rotatable bonds is 4. The predicted molar refractivity (Wildman–Crippen MR) is 65.0 cm³/mol. The Hall–Kier alpha value is -1.68. The summed E-state index contributed by atoms with van der Waals surface area (Å²) in [5, 5.41) is 0. The highest BCUT2D eigenvalue weighted by Crippen LogP contribution is 2.15. The lowest BCUT2D eigenvalue weighted by Crippen LogP contribution is -2.18. The second-order valence-corrected chi connectivity index (χ2v) is 4.40. The average Bonchev–Trinajstić information content (AvgIpc) is 2.70. The Balaban J connectivity index is 2.03. The van der Waals surface area contributed by atoms with Gasteiger partial charge in [0.25, 0.3) is 0 Å². The molecule has 0 aliphatic carbocycles. The highest BCUT2D eigenvalue weighted by atomic mass is 19.2. The molecule has 4 heteroatoms. The van der Waals surface area contributed by atoms with Crippen LogP contribution < -0.4 is 0 Å². The first-order chi connectivity index (χ1) is 8.56. The van der Waals surface area contributed by atoms with Crippen LogP contribution in [0.1, 0.15) is 17.1 Å². The Bertz CT molecular complexity index is 536. The Morgan fingerprint density at radius 2 is 1.89 bits per heavy atom. The van der Waals surface area contributed by atoms with E-state index in [1.807, 2.05) is 31.0 Å². The summed E-state index contributed by atoms with van der Waals surface area (Å²) in [5.74, 6) is 0.0665. The Morgan fingerprint density at radius 1 is 1.11 bits per heavy atom. The Kier molecular flexibility index (Phi) is 3.77. The lowest BCUT2D eigenvalue weighted by Gasteiger charge is -2.15. The summed E-state index contributed by atoms with van der Waals surface area (Å²) in [6, 6.07) is 7.98. The van der Waals surface area contributed by atoms with Gasteiger partial charge in [-0.1, -0.05) is 12.1 Å². The molecule has 0 radical (unpaired) electrons. The third-order valence-electron chi connectivity index (χ3n) is 2.69. The lowest BCUT2D eigenvalue weighted by molar-refractivity contribution is 0.280. The fourth-order valence-electron chi connectivity index (χ4n) is 1.85. The van der Waals surface area contributed by atoms with Crippen LogP contribution in [0.25, 0.3) is 0 Å². The molecule has 1 aromatic heterocycles. The van der Waals surface area contributed by atoms with Gasteiger partial charge in [-0.25, -0.2) is 8.78 Å². The van der Waals surface area contributed by atoms with Crippen LogP contribution in [0.3, 0.4) is 0 Å². The number of nitrogens with zero attached hydrogens (tertiary/aromatic N) is 1. The van der Waals surface area contributed by atoms with Crippen LogP contribution in [0.5, 0.6) is 0 Å². The molecule has 1 aromatic carbocycles. The second kappa shape index (κ2) is 5.31. The van der Waals surface area contributed by atoms with Crippen LogP contribution in [0.2, 0.25) is 0 Å². The Labute approximate surface area is 105 Å². The van der Waals surface area contributed by atoms with Crippen molar-refractivity contribution < 1.29 is 13.2 Å². The molecular formula is C14H15F2NO. The molecule has 2 aromatic rings. The van der Waals surface area contributed by atoms with Crippen LogP contribution in [0, 0.1) is 18.6 Å². The monoisotopic (exact) mass is 251 g/mol. The van der Waals surface area contributed by atoms with Crippen molar-refractivity contribution in [2.75, 3.05) is 7.05 Å². The SMILES string of the molecule is Cc1ccc(CN(C)Cc2cccc(F)c2F)o1. The summed E-state index contributed by atoms with van der Waals surface area (Å²) >= 11 is 0. The minimum Gasteiger partial charge on any atom is -0.465 e. The highest BCUT2D eigenvalue weighted by molar-refractivity contribution is 5.19. The van der Waals surface area contributed by atoms with Gasteiger partial charge in [-0.2, -0.15) is 0 Å². The first-order valence-corrected chi connectivity index (χ1v) is 5.73. The Morgan fingerprint density at radius 3 is 2.56 bits per heavy atom. The molecule has 0 atom stereocenters. The van der Waals surface area contributed by atoms with Crippen molar-refractivity contribution in [1.82, 2.24) is 4.90 Å². The highest BCUT2D eigenvalue weighted by Gasteiger charge is 2.11. The van der Waals surface area contributed by atoms with Gasteiger partial charge in [0.2, 0.25) is 0 Å². The lowest BCUT2D eigenvalue weighted by atomic mass is 10.2. The number of benzene rings is 1. The molecule has 0 aliphatic rings. The summed E-state index contributed by atoms with van der Waals surface area (Å²) in [7, 11) is 1.84. The quantitative estimate of drug-likeness (QED) is 0.827. The summed E-state index contributed by atoms with van der Waals surface area (Å²) in [6.45, 7) is 2.77. The molecule has 0 amide bonds. The van der Waals surface area contributed by atoms with Gasteiger partial charge in [0, 0.05) is 12.1 Å². The molecule has 0 spiro atoms. The molecule has 1 heterocycles. The van der Waals surface area contributed by atoms with Crippen molar-refractivity contribution in [3.8, 4) is 0 Å². The van der Waals surface area contributed by atoms with E-state index in [4.69, 9.17) is 4.42 Å². The number of hydrogen-bond donors (Lipinski definition) is 0. The smallest absolute Gasteiger partial charge is 0.163 e. The zero-order chi connectivity index (χ0) is 13.1. The number of halogens is 2. The van der Waals surface area contributed by atoms with E-state index in [2.05, 4.69) is 0 Å². The van der Waals surface area contributed by atoms with E-state index >= 15 is 0 Å². The van der Waals surface area contributed by atoms with Crippen molar-refractivity contribution in [1.29, 1.82) is 0 Å². The van der Waals surface area contributed by atoms with E-state index in [1.54, 1.807) is 6.07 Å². The van der Waals surface area contributed by atoms with Crippen molar-refractivity contribution in [2.24, 2.45) is 0 Å². The fraction of sp³-hybridized carbons (Fsp3) is 0.286. The predicted octanol–water partition coefficient (Wildman–Crippen LogP) is 3.50. The minimum atomic E-state index is -0.810. The van der Waals surface area contributed by atoms with Crippen molar-refractivity contribution >= 4 is 0 Å². The summed E-state index contributed by atoms with van der Waals surface area (Å²) in [4.78, 5) is 1.87. The number of furan rings is 1. The van der Waals surface area contributed by atoms with Crippen LogP contribution in [0.4, 0.5) is 8.78 Å². The van der Waals surface area contributed by atoms with Gasteiger partial charge in [0.1, 0.15) is 11.5 Å². The molecular weight excluding hydrogens is 236 g/mol. The molecule has 0 saturated carbocycles. The van der Waals surface area contributed by atoms with Crippen LogP contribution in [0.15, 0.2) is 34.7 Å². The standard InChI is InChI=1S/C14H15F2NO/c1-10-6-7-12(18-10)9-17(2)8-11-4-3-5-13(15)14(11)16/h3-7H,8-9H2,1-2H3. The molecule has 96 valence electrons. The molecule has 0 unspecified atom stereocenters. The summed E-state index contributed by atoms with van der Waals surface area (Å²) in [6.07, 6.45) is 0. The maximum absolute atomic E-state index is 13.5. The molecule has 0 fully saturated rings. The molecule has 0 saturated heterocycles. The van der Waals surface area contributed by atoms with Gasteiger partial charge >= 0.3 is 0 Å². The van der Waals surface area contributed by atoms with Gasteiger partial charge < -0.3 is 4.42 Å². The van der Waals surface area contributed by atoms with Crippen molar-refractivity contribution in [2.45, 2.75) is 20.0 Å². The van der Waals surface area contributed by atoms with Crippen molar-refractivity contribution in [3.63, 3.8) is 0 Å². The third-order valence-corrected chi connectivity index (χ3v) is 2.69. The third kappa shape index (κ3) is 2.96. The van der Waals surface area contributed by atoms with E-state index in [9.17, 15) is 8.78 Å². The molecule has 18 heavy (non-hydrogen) atoms. The topological polar surface area (TPSA) is 16.4 Å². The van der Waals surface area contributed by atoms with Gasteiger partial charge in [-0.05, 0) is 32.2 Å². The zero-order valence-electron chi connectivity index (χ0n) is 10.4. The van der Waals surface area contributed by atoms with E-state index < -0.39 is 11.6 Å². The summed E-state index contributed by atoms with van der Waals surface area (Å²) in [5.41, 5.74) is 0.348. The number of hydrogen-bond acceptors (Lipinski definition) is 2. The van der Waals surface area contributed by atoms with Gasteiger partial charge in [0.05, 0.1) is 6.54 Å². The van der Waals surface area contributed by atoms with Crippen molar-refractivity contribution in [3.05, 3.63) is 59.1 Å². The van der Waals surface area contributed by atoms with E-state index in [-0.39, 0.29) is 0 Å². The normalized spacial score (nSPS) is 11.2. The van der Waals surface area contributed by atoms with Crippen LogP contribution in [-0.4, -0.2) is 11.9 Å². The molecule has 2 nitrogen and oxygen atoms in total. The largest absolute Gasteiger partial charge is 0.465 e.